The van der Waals surface area contributed by atoms with E-state index in [2.05, 4.69) is 15.9 Å². The minimum atomic E-state index is -0.250. The van der Waals surface area contributed by atoms with Gasteiger partial charge in [0.15, 0.2) is 0 Å². The Morgan fingerprint density at radius 3 is 2.19 bits per heavy atom. The van der Waals surface area contributed by atoms with E-state index in [-0.39, 0.29) is 5.82 Å². The normalized spacial score (nSPS) is 10.4. The van der Waals surface area contributed by atoms with Crippen LogP contribution in [0.4, 0.5) is 4.39 Å². The van der Waals surface area contributed by atoms with Gasteiger partial charge in [-0.25, -0.2) is 4.39 Å². The van der Waals surface area contributed by atoms with Crippen molar-refractivity contribution in [2.75, 3.05) is 0 Å². The SMILES string of the molecule is NCc1ccc(-c2ccc(Br)c(F)c2)cc1. The maximum Gasteiger partial charge on any atom is 0.137 e. The highest BCUT2D eigenvalue weighted by molar-refractivity contribution is 9.10. The van der Waals surface area contributed by atoms with Crippen molar-refractivity contribution in [3.8, 4) is 11.1 Å². The van der Waals surface area contributed by atoms with Gasteiger partial charge in [-0.15, -0.1) is 0 Å². The fourth-order valence-electron chi connectivity index (χ4n) is 1.51. The second-order valence-corrected chi connectivity index (χ2v) is 4.38. The molecular formula is C13H11BrFN. The monoisotopic (exact) mass is 279 g/mol. The lowest BCUT2D eigenvalue weighted by Gasteiger charge is -2.04. The molecule has 2 N–H and O–H groups in total. The van der Waals surface area contributed by atoms with Crippen molar-refractivity contribution < 1.29 is 4.39 Å². The second kappa shape index (κ2) is 4.76. The van der Waals surface area contributed by atoms with Crippen LogP contribution < -0.4 is 5.73 Å². The fourth-order valence-corrected chi connectivity index (χ4v) is 1.76. The minimum Gasteiger partial charge on any atom is -0.326 e. The lowest BCUT2D eigenvalue weighted by Crippen LogP contribution is -1.95. The third kappa shape index (κ3) is 2.31. The average molecular weight is 280 g/mol. The van der Waals surface area contributed by atoms with Gasteiger partial charge in [-0.1, -0.05) is 30.3 Å². The molecule has 0 saturated heterocycles. The van der Waals surface area contributed by atoms with E-state index in [4.69, 9.17) is 5.73 Å². The van der Waals surface area contributed by atoms with Crippen molar-refractivity contribution in [3.63, 3.8) is 0 Å². The molecule has 2 aromatic carbocycles. The van der Waals surface area contributed by atoms with Crippen LogP contribution in [0.1, 0.15) is 5.56 Å². The predicted molar refractivity (Wildman–Crippen MR) is 67.4 cm³/mol. The molecule has 1 nitrogen and oxygen atoms in total. The zero-order valence-corrected chi connectivity index (χ0v) is 10.2. The summed E-state index contributed by atoms with van der Waals surface area (Å²) in [5.41, 5.74) is 8.44. The van der Waals surface area contributed by atoms with Crippen LogP contribution in [0.5, 0.6) is 0 Å². The molecule has 2 aromatic rings. The second-order valence-electron chi connectivity index (χ2n) is 3.53. The Kier molecular flexibility index (Phi) is 3.36. The van der Waals surface area contributed by atoms with Gasteiger partial charge in [-0.3, -0.25) is 0 Å². The van der Waals surface area contributed by atoms with Crippen molar-refractivity contribution in [2.24, 2.45) is 5.73 Å². The maximum absolute atomic E-state index is 13.3. The number of nitrogens with two attached hydrogens (primary N) is 1. The van der Waals surface area contributed by atoms with Crippen LogP contribution in [-0.4, -0.2) is 0 Å². The molecule has 0 heterocycles. The van der Waals surface area contributed by atoms with Crippen LogP contribution in [0.3, 0.4) is 0 Å². The van der Waals surface area contributed by atoms with E-state index >= 15 is 0 Å². The van der Waals surface area contributed by atoms with Gasteiger partial charge >= 0.3 is 0 Å². The summed E-state index contributed by atoms with van der Waals surface area (Å²) in [4.78, 5) is 0. The van der Waals surface area contributed by atoms with E-state index in [9.17, 15) is 4.39 Å². The number of rotatable bonds is 2. The Morgan fingerprint density at radius 1 is 1.00 bits per heavy atom. The maximum atomic E-state index is 13.3. The standard InChI is InChI=1S/C13H11BrFN/c14-12-6-5-11(7-13(12)15)10-3-1-9(8-16)2-4-10/h1-7H,8,16H2. The van der Waals surface area contributed by atoms with E-state index in [1.54, 1.807) is 6.07 Å². The molecule has 3 heteroatoms. The lowest BCUT2D eigenvalue weighted by molar-refractivity contribution is 0.621. The van der Waals surface area contributed by atoms with Gasteiger partial charge in [0.2, 0.25) is 0 Å². The minimum absolute atomic E-state index is 0.250. The van der Waals surface area contributed by atoms with Crippen LogP contribution in [-0.2, 0) is 6.54 Å². The Balaban J connectivity index is 2.38. The first-order chi connectivity index (χ1) is 7.70. The number of hydrogen-bond donors (Lipinski definition) is 1. The molecule has 0 aromatic heterocycles. The molecule has 0 unspecified atom stereocenters. The van der Waals surface area contributed by atoms with Crippen molar-refractivity contribution in [1.82, 2.24) is 0 Å². The molecule has 0 spiro atoms. The summed E-state index contributed by atoms with van der Waals surface area (Å²) >= 11 is 3.13. The van der Waals surface area contributed by atoms with Crippen LogP contribution >= 0.6 is 15.9 Å². The third-order valence-electron chi connectivity index (χ3n) is 2.44. The van der Waals surface area contributed by atoms with Gasteiger partial charge in [-0.05, 0) is 44.8 Å². The highest BCUT2D eigenvalue weighted by Crippen LogP contribution is 2.24. The summed E-state index contributed by atoms with van der Waals surface area (Å²) < 4.78 is 13.8. The van der Waals surface area contributed by atoms with Crippen molar-refractivity contribution in [3.05, 3.63) is 58.3 Å². The summed E-state index contributed by atoms with van der Waals surface area (Å²) in [6, 6.07) is 12.9. The van der Waals surface area contributed by atoms with E-state index in [1.807, 2.05) is 30.3 Å². The average Bonchev–Trinajstić information content (AvgIpc) is 2.33. The van der Waals surface area contributed by atoms with Crippen molar-refractivity contribution >= 4 is 15.9 Å². The van der Waals surface area contributed by atoms with Crippen LogP contribution in [0.15, 0.2) is 46.9 Å². The third-order valence-corrected chi connectivity index (χ3v) is 3.09. The molecule has 0 bridgehead atoms. The molecule has 0 aliphatic rings. The first kappa shape index (κ1) is 11.3. The van der Waals surface area contributed by atoms with Gasteiger partial charge in [0, 0.05) is 6.54 Å². The fraction of sp³-hybridized carbons (Fsp3) is 0.0769. The highest BCUT2D eigenvalue weighted by Gasteiger charge is 2.02. The summed E-state index contributed by atoms with van der Waals surface area (Å²) in [7, 11) is 0. The summed E-state index contributed by atoms with van der Waals surface area (Å²) in [6.45, 7) is 0.523. The molecule has 16 heavy (non-hydrogen) atoms. The zero-order valence-electron chi connectivity index (χ0n) is 8.58. The summed E-state index contributed by atoms with van der Waals surface area (Å²) in [6.07, 6.45) is 0. The topological polar surface area (TPSA) is 26.0 Å². The van der Waals surface area contributed by atoms with E-state index in [0.717, 1.165) is 16.7 Å². The zero-order chi connectivity index (χ0) is 11.5. The molecule has 0 amide bonds. The molecule has 0 saturated carbocycles. The molecule has 82 valence electrons. The quantitative estimate of drug-likeness (QED) is 0.891. The molecule has 2 rings (SSSR count). The lowest BCUT2D eigenvalue weighted by atomic mass is 10.0. The largest absolute Gasteiger partial charge is 0.326 e. The first-order valence-electron chi connectivity index (χ1n) is 4.95. The first-order valence-corrected chi connectivity index (χ1v) is 5.74. The Hall–Kier alpha value is -1.19. The molecule has 0 aliphatic carbocycles. The molecule has 0 fully saturated rings. The number of benzene rings is 2. The summed E-state index contributed by atoms with van der Waals surface area (Å²) in [5.74, 6) is -0.250. The van der Waals surface area contributed by atoms with Crippen LogP contribution in [0, 0.1) is 5.82 Å². The van der Waals surface area contributed by atoms with Gasteiger partial charge < -0.3 is 5.73 Å². The van der Waals surface area contributed by atoms with E-state index in [0.29, 0.717) is 11.0 Å². The Morgan fingerprint density at radius 2 is 1.62 bits per heavy atom. The Bertz CT molecular complexity index is 494. The Labute approximate surface area is 102 Å². The molecule has 0 atom stereocenters. The van der Waals surface area contributed by atoms with Gasteiger partial charge in [0.05, 0.1) is 4.47 Å². The number of hydrogen-bond acceptors (Lipinski definition) is 1. The molecular weight excluding hydrogens is 269 g/mol. The van der Waals surface area contributed by atoms with Crippen LogP contribution in [0.25, 0.3) is 11.1 Å². The molecule has 0 radical (unpaired) electrons. The highest BCUT2D eigenvalue weighted by atomic mass is 79.9. The van der Waals surface area contributed by atoms with Crippen molar-refractivity contribution in [2.45, 2.75) is 6.54 Å². The van der Waals surface area contributed by atoms with Gasteiger partial charge in [-0.2, -0.15) is 0 Å². The van der Waals surface area contributed by atoms with E-state index in [1.165, 1.54) is 6.07 Å². The van der Waals surface area contributed by atoms with E-state index < -0.39 is 0 Å². The van der Waals surface area contributed by atoms with Gasteiger partial charge in [0.25, 0.3) is 0 Å². The predicted octanol–water partition coefficient (Wildman–Crippen LogP) is 3.71. The molecule has 0 aliphatic heterocycles. The van der Waals surface area contributed by atoms with Gasteiger partial charge in [0.1, 0.15) is 5.82 Å². The van der Waals surface area contributed by atoms with Crippen molar-refractivity contribution in [1.29, 1.82) is 0 Å². The summed E-state index contributed by atoms with van der Waals surface area (Å²) in [5, 5.41) is 0. The van der Waals surface area contributed by atoms with Crippen LogP contribution in [0.2, 0.25) is 0 Å². The number of halogens is 2. The smallest absolute Gasteiger partial charge is 0.137 e.